The van der Waals surface area contributed by atoms with Gasteiger partial charge in [0, 0.05) is 23.8 Å². The maximum atomic E-state index is 9.38. The van der Waals surface area contributed by atoms with Crippen LogP contribution in [-0.4, -0.2) is 17.7 Å². The Morgan fingerprint density at radius 2 is 2.06 bits per heavy atom. The Kier molecular flexibility index (Phi) is 3.83. The van der Waals surface area contributed by atoms with Gasteiger partial charge in [-0.3, -0.25) is 0 Å². The van der Waals surface area contributed by atoms with Crippen LogP contribution in [0.2, 0.25) is 0 Å². The third-order valence-electron chi connectivity index (χ3n) is 3.52. The first-order valence-corrected chi connectivity index (χ1v) is 6.28. The van der Waals surface area contributed by atoms with Gasteiger partial charge in [-0.2, -0.15) is 0 Å². The summed E-state index contributed by atoms with van der Waals surface area (Å²) in [6.45, 7) is 3.55. The first-order valence-electron chi connectivity index (χ1n) is 6.28. The zero-order chi connectivity index (χ0) is 11.4. The summed E-state index contributed by atoms with van der Waals surface area (Å²) in [5, 5.41) is 9.38. The van der Waals surface area contributed by atoms with Gasteiger partial charge in [0.2, 0.25) is 0 Å². The van der Waals surface area contributed by atoms with Gasteiger partial charge >= 0.3 is 0 Å². The molecular weight excluding hydrogens is 198 g/mol. The van der Waals surface area contributed by atoms with Gasteiger partial charge in [-0.15, -0.1) is 0 Å². The van der Waals surface area contributed by atoms with Gasteiger partial charge in [-0.25, -0.2) is 0 Å². The fraction of sp³-hybridized carbons (Fsp3) is 0.571. The fourth-order valence-corrected chi connectivity index (χ4v) is 2.56. The quantitative estimate of drug-likeness (QED) is 0.826. The second-order valence-electron chi connectivity index (χ2n) is 4.68. The zero-order valence-electron chi connectivity index (χ0n) is 10.0. The average molecular weight is 219 g/mol. The molecule has 2 heteroatoms. The van der Waals surface area contributed by atoms with E-state index in [0.717, 1.165) is 12.1 Å². The molecule has 1 heterocycles. The molecule has 0 radical (unpaired) electrons. The van der Waals surface area contributed by atoms with E-state index in [4.69, 9.17) is 0 Å². The minimum absolute atomic E-state index is 0.138. The van der Waals surface area contributed by atoms with Crippen LogP contribution in [0.4, 0.5) is 5.69 Å². The van der Waals surface area contributed by atoms with Crippen molar-refractivity contribution in [1.29, 1.82) is 0 Å². The van der Waals surface area contributed by atoms with Gasteiger partial charge in [0.1, 0.15) is 0 Å². The number of anilines is 1. The first kappa shape index (κ1) is 11.5. The molecule has 1 aromatic rings. The topological polar surface area (TPSA) is 23.5 Å². The lowest BCUT2D eigenvalue weighted by Crippen LogP contribution is -2.33. The van der Waals surface area contributed by atoms with Gasteiger partial charge in [-0.1, -0.05) is 31.0 Å². The lowest BCUT2D eigenvalue weighted by Gasteiger charge is -2.31. The number of aliphatic hydroxyl groups excluding tert-OH is 1. The Morgan fingerprint density at radius 1 is 1.25 bits per heavy atom. The van der Waals surface area contributed by atoms with Crippen LogP contribution in [-0.2, 0) is 6.61 Å². The monoisotopic (exact) mass is 219 g/mol. The van der Waals surface area contributed by atoms with Crippen molar-refractivity contribution in [1.82, 2.24) is 0 Å². The highest BCUT2D eigenvalue weighted by molar-refractivity contribution is 5.54. The van der Waals surface area contributed by atoms with E-state index in [9.17, 15) is 5.11 Å². The van der Waals surface area contributed by atoms with Crippen LogP contribution in [0.5, 0.6) is 0 Å². The van der Waals surface area contributed by atoms with Gasteiger partial charge in [0.25, 0.3) is 0 Å². The third kappa shape index (κ3) is 2.38. The van der Waals surface area contributed by atoms with Crippen molar-refractivity contribution in [3.8, 4) is 0 Å². The van der Waals surface area contributed by atoms with Gasteiger partial charge in [-0.05, 0) is 25.8 Å². The minimum atomic E-state index is 0.138. The Balaban J connectivity index is 2.26. The zero-order valence-corrected chi connectivity index (χ0v) is 10.0. The van der Waals surface area contributed by atoms with Crippen LogP contribution in [0, 0.1) is 0 Å². The third-order valence-corrected chi connectivity index (χ3v) is 3.52. The highest BCUT2D eigenvalue weighted by Gasteiger charge is 2.18. The molecule has 16 heavy (non-hydrogen) atoms. The van der Waals surface area contributed by atoms with E-state index in [1.807, 2.05) is 12.1 Å². The summed E-state index contributed by atoms with van der Waals surface area (Å²) in [6.07, 6.45) is 5.20. The molecule has 1 N–H and O–H groups in total. The van der Waals surface area contributed by atoms with Crippen LogP contribution in [0.1, 0.15) is 38.2 Å². The van der Waals surface area contributed by atoms with E-state index in [1.54, 1.807) is 0 Å². The van der Waals surface area contributed by atoms with E-state index in [-0.39, 0.29) is 6.61 Å². The SMILES string of the molecule is CC1CCCCCN1c1ccccc1CO. The standard InChI is InChI=1S/C14H21NO/c1-12-7-3-2-6-10-15(12)14-9-5-4-8-13(14)11-16/h4-5,8-9,12,16H,2-3,6-7,10-11H2,1H3. The van der Waals surface area contributed by atoms with Crippen molar-refractivity contribution in [2.75, 3.05) is 11.4 Å². The molecular formula is C14H21NO. The maximum absolute atomic E-state index is 9.38. The average Bonchev–Trinajstić information content (AvgIpc) is 2.54. The number of para-hydroxylation sites is 1. The molecule has 0 spiro atoms. The van der Waals surface area contributed by atoms with Crippen molar-refractivity contribution in [2.45, 2.75) is 45.3 Å². The highest BCUT2D eigenvalue weighted by Crippen LogP contribution is 2.27. The number of benzene rings is 1. The molecule has 2 nitrogen and oxygen atoms in total. The summed E-state index contributed by atoms with van der Waals surface area (Å²) in [5.74, 6) is 0. The Labute approximate surface area is 97.9 Å². The summed E-state index contributed by atoms with van der Waals surface area (Å²) < 4.78 is 0. The van der Waals surface area contributed by atoms with Gasteiger partial charge in [0.05, 0.1) is 6.61 Å². The second-order valence-corrected chi connectivity index (χ2v) is 4.68. The molecule has 0 aliphatic carbocycles. The van der Waals surface area contributed by atoms with Crippen molar-refractivity contribution in [3.05, 3.63) is 29.8 Å². The van der Waals surface area contributed by atoms with Gasteiger partial charge < -0.3 is 10.0 Å². The van der Waals surface area contributed by atoms with E-state index < -0.39 is 0 Å². The number of hydrogen-bond donors (Lipinski definition) is 1. The maximum Gasteiger partial charge on any atom is 0.0702 e. The van der Waals surface area contributed by atoms with E-state index in [1.165, 1.54) is 31.4 Å². The number of rotatable bonds is 2. The number of hydrogen-bond acceptors (Lipinski definition) is 2. The van der Waals surface area contributed by atoms with Crippen LogP contribution >= 0.6 is 0 Å². The molecule has 1 unspecified atom stereocenters. The smallest absolute Gasteiger partial charge is 0.0702 e. The normalized spacial score (nSPS) is 21.9. The van der Waals surface area contributed by atoms with Crippen molar-refractivity contribution >= 4 is 5.69 Å². The number of nitrogens with zero attached hydrogens (tertiary/aromatic N) is 1. The van der Waals surface area contributed by atoms with Crippen molar-refractivity contribution in [3.63, 3.8) is 0 Å². The van der Waals surface area contributed by atoms with Crippen LogP contribution in [0.3, 0.4) is 0 Å². The highest BCUT2D eigenvalue weighted by atomic mass is 16.3. The Morgan fingerprint density at radius 3 is 2.88 bits per heavy atom. The molecule has 0 bridgehead atoms. The first-order chi connectivity index (χ1) is 7.83. The molecule has 0 aromatic heterocycles. The lowest BCUT2D eigenvalue weighted by atomic mass is 10.1. The molecule has 1 aliphatic rings. The lowest BCUT2D eigenvalue weighted by molar-refractivity contribution is 0.282. The van der Waals surface area contributed by atoms with E-state index in [2.05, 4.69) is 24.0 Å². The fourth-order valence-electron chi connectivity index (χ4n) is 2.56. The van der Waals surface area contributed by atoms with Crippen LogP contribution < -0.4 is 4.90 Å². The molecule has 1 atom stereocenters. The van der Waals surface area contributed by atoms with Crippen molar-refractivity contribution in [2.24, 2.45) is 0 Å². The molecule has 1 saturated heterocycles. The summed E-state index contributed by atoms with van der Waals surface area (Å²) in [4.78, 5) is 2.46. The van der Waals surface area contributed by atoms with Gasteiger partial charge in [0.15, 0.2) is 0 Å². The van der Waals surface area contributed by atoms with E-state index in [0.29, 0.717) is 6.04 Å². The Bertz CT molecular complexity index is 337. The molecule has 2 rings (SSSR count). The molecule has 1 aliphatic heterocycles. The summed E-state index contributed by atoms with van der Waals surface area (Å²) in [7, 11) is 0. The summed E-state index contributed by atoms with van der Waals surface area (Å²) in [6, 6.07) is 8.81. The van der Waals surface area contributed by atoms with Crippen LogP contribution in [0.25, 0.3) is 0 Å². The predicted octanol–water partition coefficient (Wildman–Crippen LogP) is 2.95. The molecule has 1 fully saturated rings. The number of aliphatic hydroxyl groups is 1. The second kappa shape index (κ2) is 5.35. The summed E-state index contributed by atoms with van der Waals surface area (Å²) >= 11 is 0. The van der Waals surface area contributed by atoms with E-state index >= 15 is 0 Å². The molecule has 0 amide bonds. The molecule has 1 aromatic carbocycles. The summed E-state index contributed by atoms with van der Waals surface area (Å²) in [5.41, 5.74) is 2.27. The Hall–Kier alpha value is -1.02. The minimum Gasteiger partial charge on any atom is -0.392 e. The predicted molar refractivity (Wildman–Crippen MR) is 67.6 cm³/mol. The molecule has 88 valence electrons. The largest absolute Gasteiger partial charge is 0.392 e. The molecule has 0 saturated carbocycles. The van der Waals surface area contributed by atoms with Crippen molar-refractivity contribution < 1.29 is 5.11 Å². The van der Waals surface area contributed by atoms with Crippen LogP contribution in [0.15, 0.2) is 24.3 Å².